The first-order chi connectivity index (χ1) is 16.7. The normalized spacial score (nSPS) is 19.6. The zero-order valence-electron chi connectivity index (χ0n) is 20.6. The SMILES string of the molecule is CC(C)(F)CN1CCC(COc2ccc(-c3ccccc3C(=O)N3CCC[C@@H]3C(=O)O)cc2)CC1. The van der Waals surface area contributed by atoms with E-state index in [0.717, 1.165) is 42.8 Å². The highest BCUT2D eigenvalue weighted by atomic mass is 19.1. The Balaban J connectivity index is 1.37. The number of halogens is 1. The Bertz CT molecular complexity index is 1030. The molecule has 2 aromatic carbocycles. The molecule has 1 atom stereocenters. The highest BCUT2D eigenvalue weighted by Crippen LogP contribution is 2.29. The van der Waals surface area contributed by atoms with Crippen molar-refractivity contribution in [1.29, 1.82) is 0 Å². The number of carbonyl (C=O) groups is 2. The molecule has 1 amide bonds. The summed E-state index contributed by atoms with van der Waals surface area (Å²) in [5.74, 6) is 0.0325. The van der Waals surface area contributed by atoms with Crippen LogP contribution in [0.2, 0.25) is 0 Å². The number of piperidine rings is 1. The number of carboxylic acid groups (broad SMARTS) is 1. The smallest absolute Gasteiger partial charge is 0.326 e. The van der Waals surface area contributed by atoms with E-state index < -0.39 is 17.7 Å². The molecule has 2 aromatic rings. The van der Waals surface area contributed by atoms with Gasteiger partial charge in [-0.3, -0.25) is 4.79 Å². The fraction of sp³-hybridized carbons (Fsp3) is 0.500. The molecule has 2 aliphatic rings. The molecule has 7 heteroatoms. The number of alkyl halides is 1. The van der Waals surface area contributed by atoms with Gasteiger partial charge in [-0.05, 0) is 87.9 Å². The minimum Gasteiger partial charge on any atom is -0.493 e. The first kappa shape index (κ1) is 25.2. The number of benzene rings is 2. The lowest BCUT2D eigenvalue weighted by Crippen LogP contribution is -2.41. The molecule has 188 valence electrons. The molecule has 35 heavy (non-hydrogen) atoms. The fourth-order valence-electron chi connectivity index (χ4n) is 5.13. The summed E-state index contributed by atoms with van der Waals surface area (Å²) in [6, 6.07) is 14.3. The van der Waals surface area contributed by atoms with E-state index in [9.17, 15) is 19.1 Å². The van der Waals surface area contributed by atoms with E-state index in [2.05, 4.69) is 4.90 Å². The number of carbonyl (C=O) groups excluding carboxylic acids is 1. The van der Waals surface area contributed by atoms with E-state index in [1.807, 2.05) is 36.4 Å². The third-order valence-corrected chi connectivity index (χ3v) is 6.91. The average Bonchev–Trinajstić information content (AvgIpc) is 3.33. The van der Waals surface area contributed by atoms with Gasteiger partial charge in [0.2, 0.25) is 0 Å². The molecule has 2 fully saturated rings. The summed E-state index contributed by atoms with van der Waals surface area (Å²) < 4.78 is 19.9. The van der Waals surface area contributed by atoms with Crippen LogP contribution in [0.3, 0.4) is 0 Å². The number of rotatable bonds is 8. The van der Waals surface area contributed by atoms with Crippen molar-refractivity contribution >= 4 is 11.9 Å². The molecule has 4 rings (SSSR count). The van der Waals surface area contributed by atoms with E-state index in [1.165, 1.54) is 4.90 Å². The second kappa shape index (κ2) is 10.8. The first-order valence-corrected chi connectivity index (χ1v) is 12.5. The fourth-order valence-corrected chi connectivity index (χ4v) is 5.13. The maximum Gasteiger partial charge on any atom is 0.326 e. The van der Waals surface area contributed by atoms with Gasteiger partial charge in [0.25, 0.3) is 5.91 Å². The number of hydrogen-bond donors (Lipinski definition) is 1. The molecule has 2 heterocycles. The van der Waals surface area contributed by atoms with Crippen molar-refractivity contribution < 1.29 is 23.8 Å². The Morgan fingerprint density at radius 2 is 1.71 bits per heavy atom. The van der Waals surface area contributed by atoms with Crippen LogP contribution in [0, 0.1) is 5.92 Å². The number of carboxylic acids is 1. The van der Waals surface area contributed by atoms with Crippen LogP contribution >= 0.6 is 0 Å². The third-order valence-electron chi connectivity index (χ3n) is 6.91. The molecular formula is C28H35FN2O4. The van der Waals surface area contributed by atoms with Crippen LogP contribution in [-0.4, -0.2) is 71.3 Å². The highest BCUT2D eigenvalue weighted by Gasteiger charge is 2.35. The minimum atomic E-state index is -1.17. The summed E-state index contributed by atoms with van der Waals surface area (Å²) in [5.41, 5.74) is 1.01. The summed E-state index contributed by atoms with van der Waals surface area (Å²) in [4.78, 5) is 28.4. The largest absolute Gasteiger partial charge is 0.493 e. The molecule has 0 bridgehead atoms. The molecule has 0 aromatic heterocycles. The number of aliphatic carboxylic acids is 1. The van der Waals surface area contributed by atoms with Gasteiger partial charge in [-0.1, -0.05) is 30.3 Å². The van der Waals surface area contributed by atoms with Gasteiger partial charge in [-0.25, -0.2) is 9.18 Å². The molecular weight excluding hydrogens is 447 g/mol. The number of amides is 1. The highest BCUT2D eigenvalue weighted by molar-refractivity contribution is 6.02. The summed E-state index contributed by atoms with van der Waals surface area (Å²) in [6.07, 6.45) is 3.18. The van der Waals surface area contributed by atoms with Crippen LogP contribution in [0.15, 0.2) is 48.5 Å². The topological polar surface area (TPSA) is 70.1 Å². The lowest BCUT2D eigenvalue weighted by atomic mass is 9.96. The van der Waals surface area contributed by atoms with Crippen molar-refractivity contribution in [3.63, 3.8) is 0 Å². The van der Waals surface area contributed by atoms with Gasteiger partial charge in [0.1, 0.15) is 17.5 Å². The van der Waals surface area contributed by atoms with Gasteiger partial charge in [0, 0.05) is 18.7 Å². The summed E-state index contributed by atoms with van der Waals surface area (Å²) in [5, 5.41) is 9.47. The van der Waals surface area contributed by atoms with E-state index in [4.69, 9.17) is 4.74 Å². The molecule has 6 nitrogen and oxygen atoms in total. The molecule has 0 unspecified atom stereocenters. The van der Waals surface area contributed by atoms with Gasteiger partial charge in [-0.2, -0.15) is 0 Å². The Kier molecular flexibility index (Phi) is 7.75. The van der Waals surface area contributed by atoms with Crippen molar-refractivity contribution in [3.05, 3.63) is 54.1 Å². The quantitative estimate of drug-likeness (QED) is 0.581. The molecule has 0 radical (unpaired) electrons. The summed E-state index contributed by atoms with van der Waals surface area (Å²) in [7, 11) is 0. The van der Waals surface area contributed by atoms with Crippen LogP contribution in [0.4, 0.5) is 4.39 Å². The van der Waals surface area contributed by atoms with Crippen molar-refractivity contribution in [1.82, 2.24) is 9.80 Å². The lowest BCUT2D eigenvalue weighted by molar-refractivity contribution is -0.141. The zero-order chi connectivity index (χ0) is 25.0. The zero-order valence-corrected chi connectivity index (χ0v) is 20.6. The van der Waals surface area contributed by atoms with Gasteiger partial charge in [0.05, 0.1) is 6.61 Å². The Labute approximate surface area is 206 Å². The van der Waals surface area contributed by atoms with Gasteiger partial charge in [0.15, 0.2) is 0 Å². The van der Waals surface area contributed by atoms with Crippen molar-refractivity contribution in [2.75, 3.05) is 32.8 Å². The number of ether oxygens (including phenoxy) is 1. The van der Waals surface area contributed by atoms with Crippen LogP contribution in [-0.2, 0) is 4.79 Å². The molecule has 2 saturated heterocycles. The van der Waals surface area contributed by atoms with E-state index in [0.29, 0.717) is 44.0 Å². The Hall–Kier alpha value is -2.93. The van der Waals surface area contributed by atoms with Gasteiger partial charge >= 0.3 is 5.97 Å². The average molecular weight is 483 g/mol. The van der Waals surface area contributed by atoms with Crippen LogP contribution in [0.1, 0.15) is 49.9 Å². The second-order valence-corrected chi connectivity index (χ2v) is 10.3. The Morgan fingerprint density at radius 1 is 1.03 bits per heavy atom. The third kappa shape index (κ3) is 6.40. The van der Waals surface area contributed by atoms with Crippen LogP contribution < -0.4 is 4.74 Å². The number of nitrogens with zero attached hydrogens (tertiary/aromatic N) is 2. The molecule has 1 N–H and O–H groups in total. The summed E-state index contributed by atoms with van der Waals surface area (Å²) >= 11 is 0. The predicted molar refractivity (Wildman–Crippen MR) is 133 cm³/mol. The van der Waals surface area contributed by atoms with Gasteiger partial charge < -0.3 is 19.6 Å². The second-order valence-electron chi connectivity index (χ2n) is 10.3. The van der Waals surface area contributed by atoms with Gasteiger partial charge in [-0.15, -0.1) is 0 Å². The number of likely N-dealkylation sites (tertiary alicyclic amines) is 2. The van der Waals surface area contributed by atoms with Crippen molar-refractivity contribution in [2.45, 2.75) is 51.2 Å². The molecule has 0 spiro atoms. The minimum absolute atomic E-state index is 0.242. The number of hydrogen-bond acceptors (Lipinski definition) is 4. The summed E-state index contributed by atoms with van der Waals surface area (Å²) in [6.45, 7) is 6.60. The molecule has 0 aliphatic carbocycles. The maximum atomic E-state index is 13.9. The van der Waals surface area contributed by atoms with E-state index in [1.54, 1.807) is 26.0 Å². The monoisotopic (exact) mass is 482 g/mol. The van der Waals surface area contributed by atoms with Crippen molar-refractivity contribution in [3.8, 4) is 16.9 Å². The predicted octanol–water partition coefficient (Wildman–Crippen LogP) is 4.88. The molecule has 0 saturated carbocycles. The van der Waals surface area contributed by atoms with E-state index in [-0.39, 0.29) is 5.91 Å². The molecule has 2 aliphatic heterocycles. The Morgan fingerprint density at radius 3 is 2.37 bits per heavy atom. The van der Waals surface area contributed by atoms with Crippen molar-refractivity contribution in [2.24, 2.45) is 5.92 Å². The maximum absolute atomic E-state index is 13.9. The standard InChI is InChI=1S/C28H35FN2O4/c1-28(2,29)19-30-16-13-20(14-17-30)18-35-22-11-9-21(10-12-22)23-6-3-4-7-24(23)26(32)31-15-5-8-25(31)27(33)34/h3-4,6-7,9-12,20,25H,5,8,13-19H2,1-2H3,(H,33,34)/t25-/m1/s1. The first-order valence-electron chi connectivity index (χ1n) is 12.5. The lowest BCUT2D eigenvalue weighted by Gasteiger charge is -2.34. The van der Waals surface area contributed by atoms with E-state index >= 15 is 0 Å². The van der Waals surface area contributed by atoms with Crippen LogP contribution in [0.25, 0.3) is 11.1 Å². The van der Waals surface area contributed by atoms with Crippen LogP contribution in [0.5, 0.6) is 5.75 Å².